The molecule has 0 radical (unpaired) electrons. The van der Waals surface area contributed by atoms with Crippen LogP contribution < -0.4 is 4.74 Å². The minimum absolute atomic E-state index is 0.148. The zero-order valence-electron chi connectivity index (χ0n) is 19.5. The van der Waals surface area contributed by atoms with Crippen molar-refractivity contribution in [1.82, 2.24) is 14.7 Å². The molecule has 0 aliphatic carbocycles. The molecule has 0 fully saturated rings. The Balaban J connectivity index is 1.78. The Kier molecular flexibility index (Phi) is 7.17. The van der Waals surface area contributed by atoms with Crippen LogP contribution in [0.1, 0.15) is 35.5 Å². The summed E-state index contributed by atoms with van der Waals surface area (Å²) in [5, 5.41) is 5.16. The Hall–Kier alpha value is -3.71. The number of aromatic nitrogens is 2. The van der Waals surface area contributed by atoms with Crippen molar-refractivity contribution >= 4 is 17.5 Å². The van der Waals surface area contributed by atoms with E-state index in [0.717, 1.165) is 12.1 Å². The van der Waals surface area contributed by atoms with E-state index in [9.17, 15) is 13.6 Å². The summed E-state index contributed by atoms with van der Waals surface area (Å²) in [6.45, 7) is 5.78. The average Bonchev–Trinajstić information content (AvgIpc) is 3.14. The van der Waals surface area contributed by atoms with Gasteiger partial charge in [-0.15, -0.1) is 0 Å². The predicted molar refractivity (Wildman–Crippen MR) is 131 cm³/mol. The molecule has 0 atom stereocenters. The molecule has 4 aromatic rings. The smallest absolute Gasteiger partial charge is 0.254 e. The number of ether oxygens (including phenoxy) is 1. The first kappa shape index (κ1) is 24.4. The quantitative estimate of drug-likeness (QED) is 0.278. The summed E-state index contributed by atoms with van der Waals surface area (Å²) in [4.78, 5) is 15.0. The first-order chi connectivity index (χ1) is 16.7. The van der Waals surface area contributed by atoms with Gasteiger partial charge in [0.1, 0.15) is 5.82 Å². The minimum Gasteiger partial charge on any atom is -0.435 e. The molecule has 3 aromatic carbocycles. The Morgan fingerprint density at radius 2 is 1.74 bits per heavy atom. The van der Waals surface area contributed by atoms with Crippen molar-refractivity contribution in [3.05, 3.63) is 106 Å². The Morgan fingerprint density at radius 1 is 1.06 bits per heavy atom. The van der Waals surface area contributed by atoms with Gasteiger partial charge in [-0.2, -0.15) is 5.10 Å². The molecule has 0 saturated carbocycles. The molecule has 1 aromatic heterocycles. The van der Waals surface area contributed by atoms with Gasteiger partial charge in [-0.3, -0.25) is 4.79 Å². The molecular weight excluding hydrogens is 472 g/mol. The van der Waals surface area contributed by atoms with E-state index in [1.807, 2.05) is 44.2 Å². The molecule has 0 aliphatic heterocycles. The van der Waals surface area contributed by atoms with E-state index in [2.05, 4.69) is 5.10 Å². The van der Waals surface area contributed by atoms with E-state index in [4.69, 9.17) is 16.3 Å². The van der Waals surface area contributed by atoms with Gasteiger partial charge in [0.15, 0.2) is 11.6 Å². The van der Waals surface area contributed by atoms with Crippen molar-refractivity contribution in [3.8, 4) is 17.3 Å². The molecule has 1 heterocycles. The Bertz CT molecular complexity index is 1340. The van der Waals surface area contributed by atoms with Crippen molar-refractivity contribution < 1.29 is 18.3 Å². The third kappa shape index (κ3) is 5.35. The summed E-state index contributed by atoms with van der Waals surface area (Å²) in [5.41, 5.74) is 2.40. The fourth-order valence-electron chi connectivity index (χ4n) is 3.65. The lowest BCUT2D eigenvalue weighted by Gasteiger charge is -2.27. The monoisotopic (exact) mass is 495 g/mol. The standard InChI is InChI=1S/C27H24ClF2N3O2/c1-17(2)32(26(34)19-9-11-20(28)12-10-19)16-23-18(3)31-33(22-7-5-4-6-8-22)27(23)35-25-14-13-21(29)15-24(25)30/h4-15,17H,16H2,1-3H3. The highest BCUT2D eigenvalue weighted by molar-refractivity contribution is 6.30. The zero-order chi connectivity index (χ0) is 25.1. The van der Waals surface area contributed by atoms with Crippen LogP contribution >= 0.6 is 11.6 Å². The van der Waals surface area contributed by atoms with E-state index in [-0.39, 0.29) is 30.1 Å². The van der Waals surface area contributed by atoms with Crippen molar-refractivity contribution in [3.63, 3.8) is 0 Å². The molecule has 0 spiro atoms. The number of hydrogen-bond acceptors (Lipinski definition) is 3. The van der Waals surface area contributed by atoms with E-state index in [0.29, 0.717) is 27.5 Å². The van der Waals surface area contributed by atoms with Gasteiger partial charge in [0, 0.05) is 22.7 Å². The van der Waals surface area contributed by atoms with E-state index in [1.54, 1.807) is 40.8 Å². The molecular formula is C27H24ClF2N3O2. The number of benzene rings is 3. The lowest BCUT2D eigenvalue weighted by molar-refractivity contribution is 0.0689. The van der Waals surface area contributed by atoms with Gasteiger partial charge in [-0.05, 0) is 69.3 Å². The number of para-hydroxylation sites is 1. The highest BCUT2D eigenvalue weighted by atomic mass is 35.5. The SMILES string of the molecule is Cc1nn(-c2ccccc2)c(Oc2ccc(F)cc2F)c1CN(C(=O)c1ccc(Cl)cc1)C(C)C. The van der Waals surface area contributed by atoms with Gasteiger partial charge in [-0.25, -0.2) is 13.5 Å². The van der Waals surface area contributed by atoms with Crippen LogP contribution in [0.25, 0.3) is 5.69 Å². The largest absolute Gasteiger partial charge is 0.435 e. The summed E-state index contributed by atoms with van der Waals surface area (Å²) < 4.78 is 35.5. The van der Waals surface area contributed by atoms with Gasteiger partial charge >= 0.3 is 0 Å². The fourth-order valence-corrected chi connectivity index (χ4v) is 3.78. The average molecular weight is 496 g/mol. The third-order valence-electron chi connectivity index (χ3n) is 5.54. The molecule has 4 rings (SSSR count). The highest BCUT2D eigenvalue weighted by Gasteiger charge is 2.26. The maximum absolute atomic E-state index is 14.5. The highest BCUT2D eigenvalue weighted by Crippen LogP contribution is 2.33. The van der Waals surface area contributed by atoms with Crippen molar-refractivity contribution in [2.45, 2.75) is 33.4 Å². The molecule has 180 valence electrons. The van der Waals surface area contributed by atoms with Crippen molar-refractivity contribution in [1.29, 1.82) is 0 Å². The molecule has 0 unspecified atom stereocenters. The van der Waals surface area contributed by atoms with Crippen LogP contribution in [0.15, 0.2) is 72.8 Å². The van der Waals surface area contributed by atoms with Crippen LogP contribution in [0, 0.1) is 18.6 Å². The van der Waals surface area contributed by atoms with E-state index >= 15 is 0 Å². The van der Waals surface area contributed by atoms with Crippen LogP contribution in [-0.2, 0) is 6.54 Å². The van der Waals surface area contributed by atoms with Crippen molar-refractivity contribution in [2.24, 2.45) is 0 Å². The number of nitrogens with zero attached hydrogens (tertiary/aromatic N) is 3. The maximum Gasteiger partial charge on any atom is 0.254 e. The van der Waals surface area contributed by atoms with Gasteiger partial charge < -0.3 is 9.64 Å². The third-order valence-corrected chi connectivity index (χ3v) is 5.79. The Labute approximate surface area is 207 Å². The van der Waals surface area contributed by atoms with Gasteiger partial charge in [-0.1, -0.05) is 29.8 Å². The molecule has 0 saturated heterocycles. The van der Waals surface area contributed by atoms with Crippen LogP contribution in [0.4, 0.5) is 8.78 Å². The fraction of sp³-hybridized carbons (Fsp3) is 0.185. The van der Waals surface area contributed by atoms with E-state index < -0.39 is 11.6 Å². The lowest BCUT2D eigenvalue weighted by Crippen LogP contribution is -2.36. The number of carbonyl (C=O) groups excluding carboxylic acids is 1. The summed E-state index contributed by atoms with van der Waals surface area (Å²) in [6.07, 6.45) is 0. The first-order valence-corrected chi connectivity index (χ1v) is 11.5. The normalized spacial score (nSPS) is 11.1. The summed E-state index contributed by atoms with van der Waals surface area (Å²) in [5.74, 6) is -1.64. The minimum atomic E-state index is -0.840. The number of aryl methyl sites for hydroxylation is 1. The number of carbonyl (C=O) groups is 1. The second kappa shape index (κ2) is 10.3. The van der Waals surface area contributed by atoms with Gasteiger partial charge in [0.05, 0.1) is 23.5 Å². The summed E-state index contributed by atoms with van der Waals surface area (Å²) in [7, 11) is 0. The number of rotatable bonds is 7. The molecule has 0 aliphatic rings. The molecule has 0 bridgehead atoms. The van der Waals surface area contributed by atoms with E-state index in [1.165, 1.54) is 6.07 Å². The van der Waals surface area contributed by atoms with Gasteiger partial charge in [0.2, 0.25) is 5.88 Å². The van der Waals surface area contributed by atoms with Crippen molar-refractivity contribution in [2.75, 3.05) is 0 Å². The zero-order valence-corrected chi connectivity index (χ0v) is 20.3. The number of amides is 1. The predicted octanol–water partition coefficient (Wildman–Crippen LogP) is 6.96. The molecule has 8 heteroatoms. The molecule has 1 amide bonds. The summed E-state index contributed by atoms with van der Waals surface area (Å²) >= 11 is 5.98. The number of halogens is 3. The first-order valence-electron chi connectivity index (χ1n) is 11.1. The van der Waals surface area contributed by atoms with Crippen LogP contribution in [-0.4, -0.2) is 26.6 Å². The molecule has 35 heavy (non-hydrogen) atoms. The Morgan fingerprint density at radius 3 is 2.37 bits per heavy atom. The number of hydrogen-bond donors (Lipinski definition) is 0. The lowest BCUT2D eigenvalue weighted by atomic mass is 10.1. The molecule has 5 nitrogen and oxygen atoms in total. The van der Waals surface area contributed by atoms with Crippen LogP contribution in [0.3, 0.4) is 0 Å². The summed E-state index contributed by atoms with van der Waals surface area (Å²) in [6, 6.07) is 18.9. The van der Waals surface area contributed by atoms with Crippen LogP contribution in [0.5, 0.6) is 11.6 Å². The second-order valence-corrected chi connectivity index (χ2v) is 8.76. The second-order valence-electron chi connectivity index (χ2n) is 8.33. The van der Waals surface area contributed by atoms with Crippen LogP contribution in [0.2, 0.25) is 5.02 Å². The topological polar surface area (TPSA) is 47.4 Å². The maximum atomic E-state index is 14.5. The molecule has 0 N–H and O–H groups in total. The van der Waals surface area contributed by atoms with Gasteiger partial charge in [0.25, 0.3) is 5.91 Å².